The van der Waals surface area contributed by atoms with Gasteiger partial charge in [0, 0.05) is 75.7 Å². The van der Waals surface area contributed by atoms with E-state index in [0.29, 0.717) is 18.1 Å². The van der Waals surface area contributed by atoms with Gasteiger partial charge < -0.3 is 14.5 Å². The zero-order chi connectivity index (χ0) is 22.3. The first-order valence-corrected chi connectivity index (χ1v) is 11.8. The smallest absolute Gasteiger partial charge is 0.409 e. The van der Waals surface area contributed by atoms with E-state index in [0.717, 1.165) is 56.3 Å². The van der Waals surface area contributed by atoms with Crippen LogP contribution in [0.15, 0.2) is 24.5 Å². The number of nitrogens with zero attached hydrogens (tertiary/aromatic N) is 6. The summed E-state index contributed by atoms with van der Waals surface area (Å²) in [5, 5.41) is 4.68. The van der Waals surface area contributed by atoms with Gasteiger partial charge in [-0.05, 0) is 50.8 Å². The molecule has 1 saturated carbocycles. The van der Waals surface area contributed by atoms with Gasteiger partial charge in [0.15, 0.2) is 0 Å². The van der Waals surface area contributed by atoms with Crippen LogP contribution in [-0.4, -0.2) is 82.6 Å². The molecule has 2 saturated heterocycles. The zero-order valence-electron chi connectivity index (χ0n) is 19.5. The number of hydrogen-bond acceptors (Lipinski definition) is 6. The Kier molecular flexibility index (Phi) is 5.57. The van der Waals surface area contributed by atoms with Gasteiger partial charge in [0.25, 0.3) is 0 Å². The summed E-state index contributed by atoms with van der Waals surface area (Å²) in [4.78, 5) is 23.6. The molecule has 4 heterocycles. The predicted molar refractivity (Wildman–Crippen MR) is 124 cm³/mol. The van der Waals surface area contributed by atoms with Gasteiger partial charge in [-0.1, -0.05) is 0 Å². The van der Waals surface area contributed by atoms with E-state index >= 15 is 0 Å². The molecule has 0 aromatic carbocycles. The molecule has 8 nitrogen and oxygen atoms in total. The monoisotopic (exact) mass is 438 g/mol. The lowest BCUT2D eigenvalue weighted by atomic mass is 9.78. The Labute approximate surface area is 190 Å². The predicted octanol–water partition coefficient (Wildman–Crippen LogP) is 2.92. The summed E-state index contributed by atoms with van der Waals surface area (Å²) >= 11 is 0. The number of rotatable bonds is 4. The standard InChI is InChI=1S/C24H34N6O2/c1-4-32-23(31)30-16-24(17-30)8-7-19(14-24)28-10-12-29(13-11-28)22-20(6-5-9-25-22)21-18(2)15-27(3)26-21/h5-6,9,15,19H,4,7-8,10-14,16-17H2,1-3H3/t19-/m1/s1. The van der Waals surface area contributed by atoms with E-state index < -0.39 is 0 Å². The molecule has 3 fully saturated rings. The highest BCUT2D eigenvalue weighted by Crippen LogP contribution is 2.47. The summed E-state index contributed by atoms with van der Waals surface area (Å²) in [6.45, 7) is 10.2. The minimum absolute atomic E-state index is 0.149. The lowest BCUT2D eigenvalue weighted by Crippen LogP contribution is -2.58. The quantitative estimate of drug-likeness (QED) is 0.731. The van der Waals surface area contributed by atoms with Gasteiger partial charge in [0.2, 0.25) is 0 Å². The van der Waals surface area contributed by atoms with Crippen molar-refractivity contribution in [3.63, 3.8) is 0 Å². The van der Waals surface area contributed by atoms with E-state index in [1.165, 1.54) is 24.8 Å². The van der Waals surface area contributed by atoms with E-state index in [4.69, 9.17) is 9.72 Å². The van der Waals surface area contributed by atoms with E-state index in [9.17, 15) is 4.79 Å². The van der Waals surface area contributed by atoms with Gasteiger partial charge in [-0.2, -0.15) is 5.10 Å². The molecular formula is C24H34N6O2. The first-order chi connectivity index (χ1) is 15.5. The minimum Gasteiger partial charge on any atom is -0.450 e. The van der Waals surface area contributed by atoms with Crippen molar-refractivity contribution in [2.75, 3.05) is 50.8 Å². The van der Waals surface area contributed by atoms with Crippen LogP contribution in [0.25, 0.3) is 11.3 Å². The zero-order valence-corrected chi connectivity index (χ0v) is 19.5. The van der Waals surface area contributed by atoms with E-state index in [1.54, 1.807) is 0 Å². The second-order valence-corrected chi connectivity index (χ2v) is 9.68. The summed E-state index contributed by atoms with van der Waals surface area (Å²) in [5.41, 5.74) is 3.63. The highest BCUT2D eigenvalue weighted by atomic mass is 16.6. The summed E-state index contributed by atoms with van der Waals surface area (Å²) in [6.07, 6.45) is 7.45. The Morgan fingerprint density at radius 2 is 2.03 bits per heavy atom. The van der Waals surface area contributed by atoms with Gasteiger partial charge >= 0.3 is 6.09 Å². The van der Waals surface area contributed by atoms with Crippen LogP contribution in [0.4, 0.5) is 10.6 Å². The summed E-state index contributed by atoms with van der Waals surface area (Å²) in [7, 11) is 1.97. The van der Waals surface area contributed by atoms with Gasteiger partial charge in [-0.15, -0.1) is 0 Å². The molecule has 1 spiro atoms. The number of hydrogen-bond donors (Lipinski definition) is 0. The number of aromatic nitrogens is 3. The molecule has 0 unspecified atom stereocenters. The van der Waals surface area contributed by atoms with Crippen LogP contribution in [-0.2, 0) is 11.8 Å². The van der Waals surface area contributed by atoms with Gasteiger partial charge in [-0.25, -0.2) is 9.78 Å². The molecule has 172 valence electrons. The molecule has 0 radical (unpaired) electrons. The van der Waals surface area contributed by atoms with E-state index in [2.05, 4.69) is 34.1 Å². The lowest BCUT2D eigenvalue weighted by Gasteiger charge is -2.48. The van der Waals surface area contributed by atoms with Gasteiger partial charge in [0.05, 0.1) is 12.3 Å². The van der Waals surface area contributed by atoms with Gasteiger partial charge in [-0.3, -0.25) is 9.58 Å². The van der Waals surface area contributed by atoms with Crippen LogP contribution in [0, 0.1) is 12.3 Å². The lowest BCUT2D eigenvalue weighted by molar-refractivity contribution is -0.00294. The molecule has 1 aliphatic carbocycles. The van der Waals surface area contributed by atoms with Crippen LogP contribution in [0.3, 0.4) is 0 Å². The van der Waals surface area contributed by atoms with Crippen LogP contribution in [0.1, 0.15) is 31.7 Å². The van der Waals surface area contributed by atoms with Crippen molar-refractivity contribution >= 4 is 11.9 Å². The Hall–Kier alpha value is -2.61. The molecule has 2 aromatic rings. The summed E-state index contributed by atoms with van der Waals surface area (Å²) in [6, 6.07) is 4.76. The first-order valence-electron chi connectivity index (χ1n) is 11.8. The second kappa shape index (κ2) is 8.39. The molecule has 5 rings (SSSR count). The summed E-state index contributed by atoms with van der Waals surface area (Å²) < 4.78 is 7.03. The van der Waals surface area contributed by atoms with Crippen LogP contribution in [0.5, 0.6) is 0 Å². The van der Waals surface area contributed by atoms with Crippen LogP contribution >= 0.6 is 0 Å². The maximum atomic E-state index is 11.9. The SMILES string of the molecule is CCOC(=O)N1CC2(CC[C@@H](N3CCN(c4ncccc4-c4nn(C)cc4C)CC3)C2)C1. The average Bonchev–Trinajstić information content (AvgIpc) is 3.36. The van der Waals surface area contributed by atoms with Crippen molar-refractivity contribution in [1.29, 1.82) is 0 Å². The fourth-order valence-corrected chi connectivity index (χ4v) is 5.89. The fourth-order valence-electron chi connectivity index (χ4n) is 5.89. The molecule has 32 heavy (non-hydrogen) atoms. The normalized spacial score (nSPS) is 22.9. The molecule has 1 amide bonds. The number of aryl methyl sites for hydroxylation is 2. The highest BCUT2D eigenvalue weighted by Gasteiger charge is 2.51. The van der Waals surface area contributed by atoms with Crippen molar-refractivity contribution < 1.29 is 9.53 Å². The number of carbonyl (C=O) groups excluding carboxylic acids is 1. The van der Waals surface area contributed by atoms with Gasteiger partial charge in [0.1, 0.15) is 5.82 Å². The van der Waals surface area contributed by atoms with Crippen molar-refractivity contribution in [1.82, 2.24) is 24.6 Å². The average molecular weight is 439 g/mol. The molecule has 8 heteroatoms. The Morgan fingerprint density at radius 1 is 1.25 bits per heavy atom. The number of piperazine rings is 1. The Bertz CT molecular complexity index is 975. The molecular weight excluding hydrogens is 404 g/mol. The van der Waals surface area contributed by atoms with Crippen molar-refractivity contribution in [3.8, 4) is 11.3 Å². The molecule has 0 bridgehead atoms. The number of pyridine rings is 1. The fraction of sp³-hybridized carbons (Fsp3) is 0.625. The summed E-state index contributed by atoms with van der Waals surface area (Å²) in [5.74, 6) is 1.04. The number of likely N-dealkylation sites (tertiary alicyclic amines) is 1. The molecule has 1 atom stereocenters. The van der Waals surface area contributed by atoms with Crippen molar-refractivity contribution in [2.45, 2.75) is 39.2 Å². The maximum absolute atomic E-state index is 11.9. The largest absolute Gasteiger partial charge is 0.450 e. The Morgan fingerprint density at radius 3 is 2.72 bits per heavy atom. The number of carbonyl (C=O) groups is 1. The van der Waals surface area contributed by atoms with E-state index in [1.807, 2.05) is 35.8 Å². The first kappa shape index (κ1) is 21.2. The number of anilines is 1. The molecule has 2 aromatic heterocycles. The Balaban J connectivity index is 1.19. The minimum atomic E-state index is -0.149. The van der Waals surface area contributed by atoms with Crippen molar-refractivity contribution in [3.05, 3.63) is 30.1 Å². The number of amides is 1. The third kappa shape index (κ3) is 3.85. The van der Waals surface area contributed by atoms with E-state index in [-0.39, 0.29) is 6.09 Å². The number of ether oxygens (including phenoxy) is 1. The van der Waals surface area contributed by atoms with Crippen LogP contribution < -0.4 is 4.90 Å². The topological polar surface area (TPSA) is 66.7 Å². The van der Waals surface area contributed by atoms with Crippen molar-refractivity contribution in [2.24, 2.45) is 12.5 Å². The molecule has 3 aliphatic rings. The van der Waals surface area contributed by atoms with Crippen LogP contribution in [0.2, 0.25) is 0 Å². The third-order valence-electron chi connectivity index (χ3n) is 7.44. The molecule has 2 aliphatic heterocycles. The highest BCUT2D eigenvalue weighted by molar-refractivity contribution is 5.75. The third-order valence-corrected chi connectivity index (χ3v) is 7.44. The molecule has 0 N–H and O–H groups in total. The second-order valence-electron chi connectivity index (χ2n) is 9.68. The maximum Gasteiger partial charge on any atom is 0.409 e.